The molecule has 5 heteroatoms. The second-order valence-electron chi connectivity index (χ2n) is 2.90. The first-order chi connectivity index (χ1) is 7.29. The van der Waals surface area contributed by atoms with Gasteiger partial charge in [-0.2, -0.15) is 0 Å². The monoisotopic (exact) mass is 228 g/mol. The summed E-state index contributed by atoms with van der Waals surface area (Å²) in [4.78, 5) is 0.512. The minimum atomic E-state index is 0.507. The van der Waals surface area contributed by atoms with Crippen molar-refractivity contribution in [1.82, 2.24) is 4.57 Å². The summed E-state index contributed by atoms with van der Waals surface area (Å²) < 4.78 is 12.1. The zero-order valence-corrected chi connectivity index (χ0v) is 9.84. The van der Waals surface area contributed by atoms with Gasteiger partial charge in [-0.25, -0.2) is 0 Å². The van der Waals surface area contributed by atoms with Gasteiger partial charge in [0.15, 0.2) is 4.80 Å². The van der Waals surface area contributed by atoms with Crippen LogP contribution in [0.2, 0.25) is 0 Å². The van der Waals surface area contributed by atoms with Crippen LogP contribution in [0.4, 0.5) is 0 Å². The van der Waals surface area contributed by atoms with Crippen molar-refractivity contribution in [1.29, 1.82) is 5.41 Å². The lowest BCUT2D eigenvalue weighted by atomic mass is 10.4. The normalized spacial score (nSPS) is 12.0. The molecule has 1 heterocycles. The first-order valence-electron chi connectivity index (χ1n) is 4.72. The second kappa shape index (κ2) is 6.55. The number of ether oxygens (including phenoxy) is 2. The first-order valence-corrected chi connectivity index (χ1v) is 5.60. The number of hydrogen-bond acceptors (Lipinski definition) is 4. The fourth-order valence-electron chi connectivity index (χ4n) is 1.12. The van der Waals surface area contributed by atoms with E-state index in [0.717, 1.165) is 5.70 Å². The van der Waals surface area contributed by atoms with E-state index in [1.807, 2.05) is 29.1 Å². The average Bonchev–Trinajstić information content (AvgIpc) is 2.65. The standard InChI is InChI=1S/C10H16N2O2S/c1-3-9(8-14-6-5-13-2)12-4-7-15-10(12)11/h3-4,7,11H,5-6,8H2,1-2H3/b9-3-,11-10?. The summed E-state index contributed by atoms with van der Waals surface area (Å²) in [6.07, 6.45) is 3.83. The molecule has 4 nitrogen and oxygen atoms in total. The lowest BCUT2D eigenvalue weighted by Crippen LogP contribution is -2.15. The Morgan fingerprint density at radius 1 is 1.60 bits per heavy atom. The Hall–Kier alpha value is -0.910. The molecule has 0 saturated carbocycles. The van der Waals surface area contributed by atoms with Gasteiger partial charge in [0.25, 0.3) is 0 Å². The van der Waals surface area contributed by atoms with Gasteiger partial charge >= 0.3 is 0 Å². The molecule has 0 radical (unpaired) electrons. The summed E-state index contributed by atoms with van der Waals surface area (Å²) in [5.41, 5.74) is 0.984. The van der Waals surface area contributed by atoms with E-state index in [2.05, 4.69) is 0 Å². The summed E-state index contributed by atoms with van der Waals surface area (Å²) in [6.45, 7) is 3.62. The highest BCUT2D eigenvalue weighted by Gasteiger charge is 2.00. The Balaban J connectivity index is 2.52. The summed E-state index contributed by atoms with van der Waals surface area (Å²) in [5.74, 6) is 0. The quantitative estimate of drug-likeness (QED) is 0.751. The molecule has 84 valence electrons. The van der Waals surface area contributed by atoms with Gasteiger partial charge in [-0.05, 0) is 6.92 Å². The molecule has 0 saturated heterocycles. The number of allylic oxidation sites excluding steroid dienone is 1. The molecule has 1 aromatic rings. The Bertz CT molecular complexity index is 367. The highest BCUT2D eigenvalue weighted by molar-refractivity contribution is 7.07. The van der Waals surface area contributed by atoms with Gasteiger partial charge in [0.05, 0.1) is 19.8 Å². The Morgan fingerprint density at radius 2 is 2.40 bits per heavy atom. The minimum Gasteiger partial charge on any atom is -0.382 e. The summed E-state index contributed by atoms with van der Waals surface area (Å²) >= 11 is 1.40. The maximum absolute atomic E-state index is 7.66. The molecular formula is C10H16N2O2S. The van der Waals surface area contributed by atoms with Crippen LogP contribution in [-0.2, 0) is 9.47 Å². The van der Waals surface area contributed by atoms with E-state index in [1.165, 1.54) is 11.3 Å². The number of methoxy groups -OCH3 is 1. The lowest BCUT2D eigenvalue weighted by Gasteiger charge is -2.08. The maximum atomic E-state index is 7.66. The van der Waals surface area contributed by atoms with Crippen molar-refractivity contribution in [3.63, 3.8) is 0 Å². The van der Waals surface area contributed by atoms with E-state index in [4.69, 9.17) is 14.9 Å². The minimum absolute atomic E-state index is 0.507. The third kappa shape index (κ3) is 3.62. The van der Waals surface area contributed by atoms with Crippen molar-refractivity contribution >= 4 is 17.0 Å². The van der Waals surface area contributed by atoms with Gasteiger partial charge in [0, 0.05) is 24.4 Å². The molecular weight excluding hydrogens is 212 g/mol. The molecule has 1 N–H and O–H groups in total. The zero-order chi connectivity index (χ0) is 11.1. The Kier molecular flexibility index (Phi) is 5.31. The van der Waals surface area contributed by atoms with Gasteiger partial charge in [0.1, 0.15) is 0 Å². The van der Waals surface area contributed by atoms with Crippen LogP contribution in [0.3, 0.4) is 0 Å². The molecule has 0 spiro atoms. The van der Waals surface area contributed by atoms with E-state index in [-0.39, 0.29) is 0 Å². The number of nitrogens with one attached hydrogen (secondary N) is 1. The molecule has 0 aliphatic carbocycles. The Morgan fingerprint density at radius 3 is 2.93 bits per heavy atom. The number of rotatable bonds is 6. The van der Waals surface area contributed by atoms with Crippen molar-refractivity contribution < 1.29 is 9.47 Å². The van der Waals surface area contributed by atoms with Crippen molar-refractivity contribution in [2.75, 3.05) is 26.9 Å². The van der Waals surface area contributed by atoms with Crippen molar-refractivity contribution in [2.24, 2.45) is 0 Å². The SMILES string of the molecule is C/C=C(/COCCOC)n1ccsc1=N. The molecule has 0 unspecified atom stereocenters. The van der Waals surface area contributed by atoms with Crippen molar-refractivity contribution in [2.45, 2.75) is 6.92 Å². The van der Waals surface area contributed by atoms with E-state index in [1.54, 1.807) is 7.11 Å². The summed E-state index contributed by atoms with van der Waals surface area (Å²) in [6, 6.07) is 0. The van der Waals surface area contributed by atoms with Crippen LogP contribution >= 0.6 is 11.3 Å². The molecule has 0 atom stereocenters. The predicted octanol–water partition coefficient (Wildman–Crippen LogP) is 1.55. The van der Waals surface area contributed by atoms with Crippen LogP contribution in [0.15, 0.2) is 17.7 Å². The molecule has 0 aliphatic rings. The summed E-state index contributed by atoms with van der Waals surface area (Å²) in [7, 11) is 1.65. The molecule has 0 bridgehead atoms. The van der Waals surface area contributed by atoms with E-state index >= 15 is 0 Å². The topological polar surface area (TPSA) is 47.2 Å². The molecule has 1 aromatic heterocycles. The third-order valence-electron chi connectivity index (χ3n) is 1.93. The van der Waals surface area contributed by atoms with Gasteiger partial charge in [-0.1, -0.05) is 6.08 Å². The molecule has 0 aromatic carbocycles. The first kappa shape index (κ1) is 12.2. The van der Waals surface area contributed by atoms with Gasteiger partial charge in [0.2, 0.25) is 0 Å². The average molecular weight is 228 g/mol. The third-order valence-corrected chi connectivity index (χ3v) is 2.61. The number of aromatic nitrogens is 1. The van der Waals surface area contributed by atoms with Crippen LogP contribution < -0.4 is 4.80 Å². The number of nitrogens with zero attached hydrogens (tertiary/aromatic N) is 1. The number of hydrogen-bond donors (Lipinski definition) is 1. The fourth-order valence-corrected chi connectivity index (χ4v) is 1.72. The molecule has 0 aliphatic heterocycles. The largest absolute Gasteiger partial charge is 0.382 e. The van der Waals surface area contributed by atoms with Crippen LogP contribution in [0, 0.1) is 5.41 Å². The zero-order valence-electron chi connectivity index (χ0n) is 9.03. The molecule has 1 rings (SSSR count). The molecule has 0 amide bonds. The second-order valence-corrected chi connectivity index (χ2v) is 3.80. The van der Waals surface area contributed by atoms with Gasteiger partial charge < -0.3 is 9.47 Å². The van der Waals surface area contributed by atoms with Gasteiger partial charge in [-0.3, -0.25) is 9.98 Å². The van der Waals surface area contributed by atoms with Crippen molar-refractivity contribution in [3.8, 4) is 0 Å². The van der Waals surface area contributed by atoms with Crippen molar-refractivity contribution in [3.05, 3.63) is 22.5 Å². The highest BCUT2D eigenvalue weighted by Crippen LogP contribution is 2.03. The Labute approximate surface area is 93.3 Å². The van der Waals surface area contributed by atoms with Crippen LogP contribution in [-0.4, -0.2) is 31.5 Å². The van der Waals surface area contributed by atoms with Crippen LogP contribution in [0.1, 0.15) is 6.92 Å². The lowest BCUT2D eigenvalue weighted by molar-refractivity contribution is 0.0864. The predicted molar refractivity (Wildman–Crippen MR) is 60.8 cm³/mol. The molecule has 15 heavy (non-hydrogen) atoms. The fraction of sp³-hybridized carbons (Fsp3) is 0.500. The number of thiazole rings is 1. The highest BCUT2D eigenvalue weighted by atomic mass is 32.1. The van der Waals surface area contributed by atoms with Crippen LogP contribution in [0.5, 0.6) is 0 Å². The maximum Gasteiger partial charge on any atom is 0.186 e. The molecule has 0 fully saturated rings. The summed E-state index contributed by atoms with van der Waals surface area (Å²) in [5, 5.41) is 9.55. The van der Waals surface area contributed by atoms with Crippen LogP contribution in [0.25, 0.3) is 5.70 Å². The van der Waals surface area contributed by atoms with Gasteiger partial charge in [-0.15, -0.1) is 11.3 Å². The van der Waals surface area contributed by atoms with E-state index in [0.29, 0.717) is 24.6 Å². The van der Waals surface area contributed by atoms with E-state index in [9.17, 15) is 0 Å². The smallest absolute Gasteiger partial charge is 0.186 e. The van der Waals surface area contributed by atoms with E-state index < -0.39 is 0 Å².